The molecule has 1 amide bonds. The highest BCUT2D eigenvalue weighted by Gasteiger charge is 2.18. The predicted molar refractivity (Wildman–Crippen MR) is 88.2 cm³/mol. The van der Waals surface area contributed by atoms with Crippen molar-refractivity contribution in [3.8, 4) is 0 Å². The third-order valence-electron chi connectivity index (χ3n) is 3.37. The van der Waals surface area contributed by atoms with Gasteiger partial charge in [0.25, 0.3) is 0 Å². The van der Waals surface area contributed by atoms with Crippen LogP contribution in [-0.4, -0.2) is 18.5 Å². The molecule has 1 heterocycles. The molecule has 0 aliphatic rings. The van der Waals surface area contributed by atoms with E-state index in [1.807, 2.05) is 45.0 Å². The Morgan fingerprint density at radius 3 is 2.81 bits per heavy atom. The van der Waals surface area contributed by atoms with Gasteiger partial charge in [-0.3, -0.25) is 10.1 Å². The second-order valence-electron chi connectivity index (χ2n) is 5.23. The first-order valence-corrected chi connectivity index (χ1v) is 8.03. The molecule has 0 saturated carbocycles. The largest absolute Gasteiger partial charge is 0.459 e. The highest BCUT2D eigenvalue weighted by Crippen LogP contribution is 2.26. The highest BCUT2D eigenvalue weighted by molar-refractivity contribution is 9.10. The van der Waals surface area contributed by atoms with Crippen LogP contribution in [0.5, 0.6) is 0 Å². The van der Waals surface area contributed by atoms with E-state index in [0.717, 1.165) is 27.6 Å². The fourth-order valence-corrected chi connectivity index (χ4v) is 2.56. The highest BCUT2D eigenvalue weighted by atomic mass is 79.9. The van der Waals surface area contributed by atoms with E-state index in [0.29, 0.717) is 6.54 Å². The summed E-state index contributed by atoms with van der Waals surface area (Å²) in [5, 5.41) is 7.20. The number of rotatable bonds is 6. The molecule has 5 heteroatoms. The van der Waals surface area contributed by atoms with Crippen LogP contribution < -0.4 is 10.6 Å². The molecule has 21 heavy (non-hydrogen) atoms. The smallest absolute Gasteiger partial charge is 0.236 e. The minimum Gasteiger partial charge on any atom is -0.459 e. The predicted octanol–water partition coefficient (Wildman–Crippen LogP) is 3.76. The van der Waals surface area contributed by atoms with E-state index in [-0.39, 0.29) is 18.0 Å². The van der Waals surface area contributed by atoms with Gasteiger partial charge in [0.1, 0.15) is 11.3 Å². The molecule has 0 radical (unpaired) electrons. The first-order chi connectivity index (χ1) is 10.0. The number of carbonyl (C=O) groups is 1. The first-order valence-electron chi connectivity index (χ1n) is 7.24. The van der Waals surface area contributed by atoms with Crippen molar-refractivity contribution in [2.24, 2.45) is 0 Å². The van der Waals surface area contributed by atoms with Crippen LogP contribution in [0.15, 0.2) is 33.2 Å². The maximum absolute atomic E-state index is 11.9. The van der Waals surface area contributed by atoms with Crippen molar-refractivity contribution in [1.29, 1.82) is 0 Å². The molecule has 1 aromatic heterocycles. The number of halogens is 1. The average molecular weight is 353 g/mol. The zero-order valence-corrected chi connectivity index (χ0v) is 14.2. The number of hydrogen-bond acceptors (Lipinski definition) is 3. The van der Waals surface area contributed by atoms with Gasteiger partial charge in [-0.2, -0.15) is 0 Å². The summed E-state index contributed by atoms with van der Waals surface area (Å²) in [5.41, 5.74) is 0.852. The van der Waals surface area contributed by atoms with Crippen LogP contribution in [0.25, 0.3) is 11.0 Å². The van der Waals surface area contributed by atoms with Gasteiger partial charge in [0.2, 0.25) is 5.91 Å². The Labute approximate surface area is 133 Å². The van der Waals surface area contributed by atoms with Crippen LogP contribution in [0.2, 0.25) is 0 Å². The van der Waals surface area contributed by atoms with E-state index in [4.69, 9.17) is 4.42 Å². The lowest BCUT2D eigenvalue weighted by Gasteiger charge is -2.17. The van der Waals surface area contributed by atoms with Crippen molar-refractivity contribution in [2.45, 2.75) is 39.3 Å². The minimum absolute atomic E-state index is 0.0163. The van der Waals surface area contributed by atoms with Gasteiger partial charge < -0.3 is 9.73 Å². The van der Waals surface area contributed by atoms with Crippen molar-refractivity contribution in [1.82, 2.24) is 10.6 Å². The zero-order chi connectivity index (χ0) is 15.4. The summed E-state index contributed by atoms with van der Waals surface area (Å²) in [6, 6.07) is 7.63. The summed E-state index contributed by atoms with van der Waals surface area (Å²) in [6.07, 6.45) is 0.937. The molecule has 0 fully saturated rings. The maximum atomic E-state index is 11.9. The fourth-order valence-electron chi connectivity index (χ4n) is 2.18. The molecular weight excluding hydrogens is 332 g/mol. The van der Waals surface area contributed by atoms with Crippen LogP contribution in [0.3, 0.4) is 0 Å². The molecule has 2 atom stereocenters. The van der Waals surface area contributed by atoms with Gasteiger partial charge in [0, 0.05) is 16.4 Å². The van der Waals surface area contributed by atoms with E-state index >= 15 is 0 Å². The topological polar surface area (TPSA) is 54.3 Å². The van der Waals surface area contributed by atoms with Crippen molar-refractivity contribution in [3.63, 3.8) is 0 Å². The second kappa shape index (κ2) is 7.09. The van der Waals surface area contributed by atoms with E-state index in [1.165, 1.54) is 0 Å². The van der Waals surface area contributed by atoms with E-state index in [9.17, 15) is 4.79 Å². The van der Waals surface area contributed by atoms with Gasteiger partial charge in [-0.05, 0) is 44.5 Å². The monoisotopic (exact) mass is 352 g/mol. The Morgan fingerprint density at radius 1 is 1.33 bits per heavy atom. The standard InChI is InChI=1S/C16H21BrN2O2/c1-4-7-18-16(20)11(3)19-10(2)15-9-12-8-13(17)5-6-14(12)21-15/h5-6,8-11,19H,4,7H2,1-3H3,(H,18,20). The molecule has 4 nitrogen and oxygen atoms in total. The van der Waals surface area contributed by atoms with Crippen LogP contribution in [-0.2, 0) is 4.79 Å². The van der Waals surface area contributed by atoms with Gasteiger partial charge in [-0.1, -0.05) is 22.9 Å². The van der Waals surface area contributed by atoms with E-state index in [1.54, 1.807) is 0 Å². The number of hydrogen-bond donors (Lipinski definition) is 2. The molecule has 2 aromatic rings. The molecule has 1 aromatic carbocycles. The molecule has 2 N–H and O–H groups in total. The van der Waals surface area contributed by atoms with Gasteiger partial charge in [-0.15, -0.1) is 0 Å². The molecule has 114 valence electrons. The van der Waals surface area contributed by atoms with Crippen molar-refractivity contribution < 1.29 is 9.21 Å². The molecule has 0 bridgehead atoms. The summed E-state index contributed by atoms with van der Waals surface area (Å²) in [6.45, 7) is 6.60. The molecule has 0 saturated heterocycles. The van der Waals surface area contributed by atoms with Crippen LogP contribution in [0, 0.1) is 0 Å². The number of amides is 1. The molecule has 2 unspecified atom stereocenters. The average Bonchev–Trinajstić information content (AvgIpc) is 2.87. The SMILES string of the molecule is CCCNC(=O)C(C)NC(C)c1cc2cc(Br)ccc2o1. The third kappa shape index (κ3) is 4.08. The maximum Gasteiger partial charge on any atom is 0.236 e. The number of nitrogens with one attached hydrogen (secondary N) is 2. The van der Waals surface area contributed by atoms with Gasteiger partial charge in [0.15, 0.2) is 0 Å². The Hall–Kier alpha value is -1.33. The minimum atomic E-state index is -0.258. The van der Waals surface area contributed by atoms with Gasteiger partial charge in [-0.25, -0.2) is 0 Å². The normalized spacial score (nSPS) is 14.1. The fraction of sp³-hybridized carbons (Fsp3) is 0.438. The zero-order valence-electron chi connectivity index (χ0n) is 12.6. The van der Waals surface area contributed by atoms with Crippen molar-refractivity contribution in [2.75, 3.05) is 6.54 Å². The van der Waals surface area contributed by atoms with E-state index in [2.05, 4.69) is 26.6 Å². The Balaban J connectivity index is 2.04. The quantitative estimate of drug-likeness (QED) is 0.831. The lowest BCUT2D eigenvalue weighted by molar-refractivity contribution is -0.122. The van der Waals surface area contributed by atoms with Crippen LogP contribution in [0.4, 0.5) is 0 Å². The lowest BCUT2D eigenvalue weighted by Crippen LogP contribution is -2.43. The molecule has 0 aliphatic heterocycles. The number of benzene rings is 1. The summed E-state index contributed by atoms with van der Waals surface area (Å²) in [5.74, 6) is 0.848. The number of carbonyl (C=O) groups excluding carboxylic acids is 1. The van der Waals surface area contributed by atoms with Crippen LogP contribution in [0.1, 0.15) is 39.0 Å². The first kappa shape index (κ1) is 16.0. The summed E-state index contributed by atoms with van der Waals surface area (Å²) >= 11 is 3.45. The Morgan fingerprint density at radius 2 is 2.10 bits per heavy atom. The lowest BCUT2D eigenvalue weighted by atomic mass is 10.2. The summed E-state index contributed by atoms with van der Waals surface area (Å²) in [4.78, 5) is 11.9. The Kier molecular flexibility index (Phi) is 5.42. The summed E-state index contributed by atoms with van der Waals surface area (Å²) < 4.78 is 6.85. The Bertz CT molecular complexity index is 624. The van der Waals surface area contributed by atoms with E-state index < -0.39 is 0 Å². The molecule has 0 aliphatic carbocycles. The molecule has 2 rings (SSSR count). The number of furan rings is 1. The molecule has 0 spiro atoms. The van der Waals surface area contributed by atoms with Gasteiger partial charge >= 0.3 is 0 Å². The second-order valence-corrected chi connectivity index (χ2v) is 6.15. The summed E-state index contributed by atoms with van der Waals surface area (Å²) in [7, 11) is 0. The van der Waals surface area contributed by atoms with Crippen molar-refractivity contribution >= 4 is 32.8 Å². The van der Waals surface area contributed by atoms with Crippen LogP contribution >= 0.6 is 15.9 Å². The molecular formula is C16H21BrN2O2. The third-order valence-corrected chi connectivity index (χ3v) is 3.86. The van der Waals surface area contributed by atoms with Gasteiger partial charge in [0.05, 0.1) is 12.1 Å². The van der Waals surface area contributed by atoms with Crippen molar-refractivity contribution in [3.05, 3.63) is 34.5 Å². The number of fused-ring (bicyclic) bond motifs is 1.